The number of carbonyl (C=O) groups excluding carboxylic acids is 1. The fraction of sp³-hybridized carbons (Fsp3) is 0.150. The Morgan fingerprint density at radius 3 is 2.75 bits per heavy atom. The zero-order valence-corrected chi connectivity index (χ0v) is 15.1. The largest absolute Gasteiger partial charge is 0.472 e. The molecule has 0 fully saturated rings. The summed E-state index contributed by atoms with van der Waals surface area (Å²) in [7, 11) is 0. The summed E-state index contributed by atoms with van der Waals surface area (Å²) in [6.07, 6.45) is 3.40. The zero-order chi connectivity index (χ0) is 19.3. The zero-order valence-electron chi connectivity index (χ0n) is 15.1. The highest BCUT2D eigenvalue weighted by Crippen LogP contribution is 2.24. The summed E-state index contributed by atoms with van der Waals surface area (Å²) in [5, 5.41) is 10.9. The Labute approximate surface area is 160 Å². The van der Waals surface area contributed by atoms with Gasteiger partial charge in [0.15, 0.2) is 0 Å². The molecular formula is C20H17N5O3. The number of benzene rings is 1. The Hall–Kier alpha value is -3.81. The van der Waals surface area contributed by atoms with Crippen molar-refractivity contribution >= 4 is 16.8 Å². The molecular weight excluding hydrogens is 358 g/mol. The third-order valence-corrected chi connectivity index (χ3v) is 4.17. The highest BCUT2D eigenvalue weighted by molar-refractivity contribution is 6.07. The molecule has 8 nitrogen and oxygen atoms in total. The first-order valence-electron chi connectivity index (χ1n) is 8.73. The van der Waals surface area contributed by atoms with Crippen molar-refractivity contribution in [3.8, 4) is 17.1 Å². The van der Waals surface area contributed by atoms with E-state index in [0.717, 1.165) is 16.5 Å². The number of hydrogen-bond donors (Lipinski definition) is 1. The first-order valence-corrected chi connectivity index (χ1v) is 8.73. The summed E-state index contributed by atoms with van der Waals surface area (Å²) in [6, 6.07) is 13.1. The maximum Gasteiger partial charge on any atom is 0.278 e. The predicted molar refractivity (Wildman–Crippen MR) is 102 cm³/mol. The van der Waals surface area contributed by atoms with E-state index in [9.17, 15) is 4.79 Å². The molecule has 0 saturated carbocycles. The molecule has 0 unspecified atom stereocenters. The number of pyridine rings is 2. The fourth-order valence-corrected chi connectivity index (χ4v) is 2.80. The molecule has 0 aliphatic heterocycles. The number of nitrogens with one attached hydrogen (secondary N) is 1. The van der Waals surface area contributed by atoms with Crippen molar-refractivity contribution in [2.24, 2.45) is 0 Å². The van der Waals surface area contributed by atoms with Gasteiger partial charge < -0.3 is 10.1 Å². The quantitative estimate of drug-likeness (QED) is 0.517. The number of carbonyl (C=O) groups is 1. The normalized spacial score (nSPS) is 10.8. The Balaban J connectivity index is 1.54. The van der Waals surface area contributed by atoms with Gasteiger partial charge in [-0.15, -0.1) is 0 Å². The fourth-order valence-electron chi connectivity index (χ4n) is 2.80. The monoisotopic (exact) mass is 375 g/mol. The van der Waals surface area contributed by atoms with Crippen LogP contribution in [0, 0.1) is 6.92 Å². The second-order valence-electron chi connectivity index (χ2n) is 6.07. The molecule has 4 aromatic rings. The van der Waals surface area contributed by atoms with Gasteiger partial charge in [0, 0.05) is 23.3 Å². The van der Waals surface area contributed by atoms with Gasteiger partial charge in [0.05, 0.1) is 23.3 Å². The lowest BCUT2D eigenvalue weighted by molar-refractivity contribution is 0.0948. The van der Waals surface area contributed by atoms with Gasteiger partial charge in [-0.05, 0) is 36.3 Å². The molecule has 28 heavy (non-hydrogen) atoms. The van der Waals surface area contributed by atoms with E-state index in [1.54, 1.807) is 25.4 Å². The molecule has 8 heteroatoms. The van der Waals surface area contributed by atoms with Gasteiger partial charge in [-0.1, -0.05) is 23.4 Å². The number of amides is 1. The lowest BCUT2D eigenvalue weighted by Crippen LogP contribution is -2.28. The summed E-state index contributed by atoms with van der Waals surface area (Å²) in [6.45, 7) is 2.29. The third-order valence-electron chi connectivity index (χ3n) is 4.17. The van der Waals surface area contributed by atoms with Crippen LogP contribution in [0.25, 0.3) is 22.2 Å². The van der Waals surface area contributed by atoms with Crippen LogP contribution in [-0.4, -0.2) is 39.3 Å². The molecule has 1 N–H and O–H groups in total. The second kappa shape index (κ2) is 7.83. The second-order valence-corrected chi connectivity index (χ2v) is 6.07. The molecule has 0 aliphatic carbocycles. The number of fused-ring (bicyclic) bond motifs is 1. The van der Waals surface area contributed by atoms with Crippen LogP contribution in [0.1, 0.15) is 16.1 Å². The molecule has 4 rings (SSSR count). The first kappa shape index (κ1) is 17.6. The van der Waals surface area contributed by atoms with Gasteiger partial charge in [0.25, 0.3) is 11.8 Å². The highest BCUT2D eigenvalue weighted by Gasteiger charge is 2.14. The van der Waals surface area contributed by atoms with Gasteiger partial charge in [-0.3, -0.25) is 9.78 Å². The van der Waals surface area contributed by atoms with Crippen molar-refractivity contribution in [3.05, 3.63) is 66.1 Å². The maximum atomic E-state index is 12.8. The molecule has 0 aliphatic rings. The van der Waals surface area contributed by atoms with E-state index < -0.39 is 0 Å². The van der Waals surface area contributed by atoms with E-state index in [1.165, 1.54) is 0 Å². The number of aromatic nitrogens is 4. The molecule has 1 aromatic carbocycles. The first-order chi connectivity index (χ1) is 13.7. The molecule has 3 aromatic heterocycles. The Morgan fingerprint density at radius 1 is 1.14 bits per heavy atom. The highest BCUT2D eigenvalue weighted by atomic mass is 16.6. The number of para-hydroxylation sites is 1. The summed E-state index contributed by atoms with van der Waals surface area (Å²) in [5.41, 5.74) is 3.48. The van der Waals surface area contributed by atoms with Gasteiger partial charge >= 0.3 is 0 Å². The average Bonchev–Trinajstić information content (AvgIpc) is 3.15. The number of ether oxygens (including phenoxy) is 1. The lowest BCUT2D eigenvalue weighted by Gasteiger charge is -2.10. The third kappa shape index (κ3) is 3.66. The van der Waals surface area contributed by atoms with Crippen molar-refractivity contribution in [3.63, 3.8) is 0 Å². The van der Waals surface area contributed by atoms with Gasteiger partial charge in [-0.25, -0.2) is 9.61 Å². The molecule has 3 heterocycles. The van der Waals surface area contributed by atoms with Crippen molar-refractivity contribution < 1.29 is 14.2 Å². The number of hydrogen-bond acceptors (Lipinski definition) is 7. The summed E-state index contributed by atoms with van der Waals surface area (Å²) in [5.74, 6) is 0.121. The molecule has 0 radical (unpaired) electrons. The number of nitrogens with zero attached hydrogens (tertiary/aromatic N) is 4. The van der Waals surface area contributed by atoms with Crippen LogP contribution < -0.4 is 10.1 Å². The smallest absolute Gasteiger partial charge is 0.278 e. The van der Waals surface area contributed by atoms with E-state index in [2.05, 4.69) is 30.2 Å². The number of aryl methyl sites for hydroxylation is 1. The van der Waals surface area contributed by atoms with Crippen LogP contribution in [0.4, 0.5) is 0 Å². The summed E-state index contributed by atoms with van der Waals surface area (Å²) >= 11 is 0. The van der Waals surface area contributed by atoms with Crippen molar-refractivity contribution in [1.29, 1.82) is 0 Å². The summed E-state index contributed by atoms with van der Waals surface area (Å²) < 4.78 is 10.0. The van der Waals surface area contributed by atoms with Crippen molar-refractivity contribution in [2.45, 2.75) is 6.92 Å². The van der Waals surface area contributed by atoms with Crippen LogP contribution in [0.3, 0.4) is 0 Å². The van der Waals surface area contributed by atoms with Crippen LogP contribution in [-0.2, 0) is 0 Å². The van der Waals surface area contributed by atoms with E-state index in [0.29, 0.717) is 29.4 Å². The van der Waals surface area contributed by atoms with Gasteiger partial charge in [0.2, 0.25) is 0 Å². The van der Waals surface area contributed by atoms with E-state index in [4.69, 9.17) is 4.74 Å². The number of rotatable bonds is 6. The van der Waals surface area contributed by atoms with Crippen molar-refractivity contribution in [2.75, 3.05) is 13.2 Å². The molecule has 0 spiro atoms. The van der Waals surface area contributed by atoms with E-state index in [1.807, 2.05) is 36.4 Å². The standard InChI is InChI=1S/C20H17N5O3/c1-13-20(25-28-24-13)27-11-10-22-19(26)16-12-18(14-6-8-21-9-7-14)23-17-5-3-2-4-15(16)17/h2-9,12H,10-11H2,1H3,(H,22,26). The molecule has 140 valence electrons. The molecule has 0 atom stereocenters. The van der Waals surface area contributed by atoms with Crippen molar-refractivity contribution in [1.82, 2.24) is 25.6 Å². The minimum absolute atomic E-state index is 0.201. The average molecular weight is 375 g/mol. The minimum atomic E-state index is -0.201. The minimum Gasteiger partial charge on any atom is -0.472 e. The molecule has 0 bridgehead atoms. The van der Waals surface area contributed by atoms with E-state index in [-0.39, 0.29) is 12.5 Å². The van der Waals surface area contributed by atoms with E-state index >= 15 is 0 Å². The molecule has 0 saturated heterocycles. The predicted octanol–water partition coefficient (Wildman–Crippen LogP) is 2.80. The van der Waals surface area contributed by atoms with Gasteiger partial charge in [-0.2, -0.15) is 0 Å². The van der Waals surface area contributed by atoms with Crippen LogP contribution in [0.5, 0.6) is 5.88 Å². The SMILES string of the molecule is Cc1nonc1OCCNC(=O)c1cc(-c2ccncc2)nc2ccccc12. The maximum absolute atomic E-state index is 12.8. The molecule has 1 amide bonds. The lowest BCUT2D eigenvalue weighted by atomic mass is 10.0. The van der Waals surface area contributed by atoms with Gasteiger partial charge in [0.1, 0.15) is 12.3 Å². The topological polar surface area (TPSA) is 103 Å². The van der Waals surface area contributed by atoms with Crippen LogP contribution in [0.15, 0.2) is 59.5 Å². The Morgan fingerprint density at radius 2 is 1.96 bits per heavy atom. The Bertz CT molecular complexity index is 1110. The van der Waals surface area contributed by atoms with Crippen LogP contribution in [0.2, 0.25) is 0 Å². The summed E-state index contributed by atoms with van der Waals surface area (Å²) in [4.78, 5) is 21.5. The van der Waals surface area contributed by atoms with Crippen LogP contribution >= 0.6 is 0 Å². The Kier molecular flexibility index (Phi) is 4.92.